The van der Waals surface area contributed by atoms with Crippen molar-refractivity contribution in [3.05, 3.63) is 29.5 Å². The van der Waals surface area contributed by atoms with Crippen LogP contribution in [0.5, 0.6) is 0 Å². The van der Waals surface area contributed by atoms with Crippen molar-refractivity contribution in [1.29, 1.82) is 0 Å². The fourth-order valence-corrected chi connectivity index (χ4v) is 2.51. The van der Waals surface area contributed by atoms with Crippen molar-refractivity contribution < 1.29 is 22.4 Å². The summed E-state index contributed by atoms with van der Waals surface area (Å²) in [6.07, 6.45) is 1.06. The highest BCUT2D eigenvalue weighted by Gasteiger charge is 2.19. The highest BCUT2D eigenvalue weighted by molar-refractivity contribution is 7.92. The SMILES string of the molecule is CCOC(=O)c1c(C)oc2ccc(NS(C)(=O)=O)cc12. The molecule has 2 aromatic rings. The minimum absolute atomic E-state index is 0.256. The summed E-state index contributed by atoms with van der Waals surface area (Å²) in [5.41, 5.74) is 1.19. The van der Waals surface area contributed by atoms with Gasteiger partial charge in [0.15, 0.2) is 0 Å². The number of sulfonamides is 1. The normalized spacial score (nSPS) is 11.6. The van der Waals surface area contributed by atoms with Gasteiger partial charge in [0.1, 0.15) is 16.9 Å². The van der Waals surface area contributed by atoms with Crippen LogP contribution in [0.2, 0.25) is 0 Å². The van der Waals surface area contributed by atoms with E-state index in [0.29, 0.717) is 28.0 Å². The molecule has 0 atom stereocenters. The van der Waals surface area contributed by atoms with Crippen LogP contribution in [-0.4, -0.2) is 27.2 Å². The van der Waals surface area contributed by atoms with Crippen LogP contribution in [0, 0.1) is 6.92 Å². The van der Waals surface area contributed by atoms with E-state index in [9.17, 15) is 13.2 Å². The van der Waals surface area contributed by atoms with Crippen LogP contribution in [-0.2, 0) is 14.8 Å². The number of hydrogen-bond acceptors (Lipinski definition) is 5. The van der Waals surface area contributed by atoms with Crippen LogP contribution < -0.4 is 4.72 Å². The van der Waals surface area contributed by atoms with Crippen LogP contribution >= 0.6 is 0 Å². The molecular weight excluding hydrogens is 282 g/mol. The third-order valence-electron chi connectivity index (χ3n) is 2.65. The van der Waals surface area contributed by atoms with Crippen LogP contribution in [0.3, 0.4) is 0 Å². The minimum atomic E-state index is -3.38. The van der Waals surface area contributed by atoms with E-state index in [1.807, 2.05) is 0 Å². The topological polar surface area (TPSA) is 85.6 Å². The number of benzene rings is 1. The van der Waals surface area contributed by atoms with Crippen molar-refractivity contribution in [1.82, 2.24) is 0 Å². The van der Waals surface area contributed by atoms with Gasteiger partial charge in [-0.05, 0) is 32.0 Å². The number of rotatable bonds is 4. The first-order valence-electron chi connectivity index (χ1n) is 6.00. The van der Waals surface area contributed by atoms with Crippen molar-refractivity contribution in [2.75, 3.05) is 17.6 Å². The first-order valence-corrected chi connectivity index (χ1v) is 7.89. The number of ether oxygens (including phenoxy) is 1. The van der Waals surface area contributed by atoms with Gasteiger partial charge >= 0.3 is 5.97 Å². The third kappa shape index (κ3) is 2.93. The van der Waals surface area contributed by atoms with Gasteiger partial charge in [-0.15, -0.1) is 0 Å². The van der Waals surface area contributed by atoms with E-state index in [2.05, 4.69) is 4.72 Å². The molecule has 0 aliphatic rings. The number of carbonyl (C=O) groups excluding carboxylic acids is 1. The molecule has 1 aromatic heterocycles. The summed E-state index contributed by atoms with van der Waals surface area (Å²) in [4.78, 5) is 11.9. The fraction of sp³-hybridized carbons (Fsp3) is 0.308. The van der Waals surface area contributed by atoms with Gasteiger partial charge in [-0.25, -0.2) is 13.2 Å². The number of hydrogen-bond donors (Lipinski definition) is 1. The van der Waals surface area contributed by atoms with E-state index in [0.717, 1.165) is 6.26 Å². The lowest BCUT2D eigenvalue weighted by Gasteiger charge is -2.04. The summed E-state index contributed by atoms with van der Waals surface area (Å²) in [5, 5.41) is 0.523. The van der Waals surface area contributed by atoms with Gasteiger partial charge < -0.3 is 9.15 Å². The summed E-state index contributed by atoms with van der Waals surface area (Å²) in [6, 6.07) is 4.74. The molecule has 0 unspecified atom stereocenters. The van der Waals surface area contributed by atoms with E-state index in [1.165, 1.54) is 0 Å². The van der Waals surface area contributed by atoms with Gasteiger partial charge in [0.05, 0.1) is 12.9 Å². The fourth-order valence-electron chi connectivity index (χ4n) is 1.95. The first-order chi connectivity index (χ1) is 9.31. The van der Waals surface area contributed by atoms with Gasteiger partial charge in [0.2, 0.25) is 10.0 Å². The summed E-state index contributed by atoms with van der Waals surface area (Å²) in [7, 11) is -3.38. The summed E-state index contributed by atoms with van der Waals surface area (Å²) >= 11 is 0. The third-order valence-corrected chi connectivity index (χ3v) is 3.25. The molecule has 0 aliphatic heterocycles. The zero-order valence-electron chi connectivity index (χ0n) is 11.4. The Bertz CT molecular complexity index is 760. The Kier molecular flexibility index (Phi) is 3.71. The molecule has 1 heterocycles. The molecule has 0 spiro atoms. The maximum atomic E-state index is 11.9. The average Bonchev–Trinajstić information content (AvgIpc) is 2.62. The Labute approximate surface area is 116 Å². The van der Waals surface area contributed by atoms with Crippen molar-refractivity contribution in [3.63, 3.8) is 0 Å². The van der Waals surface area contributed by atoms with Gasteiger partial charge in [-0.2, -0.15) is 0 Å². The lowest BCUT2D eigenvalue weighted by Crippen LogP contribution is -2.09. The Morgan fingerprint density at radius 3 is 2.70 bits per heavy atom. The smallest absolute Gasteiger partial charge is 0.342 e. The number of nitrogens with one attached hydrogen (secondary N) is 1. The van der Waals surface area contributed by atoms with Crippen molar-refractivity contribution in [2.24, 2.45) is 0 Å². The Balaban J connectivity index is 2.55. The second-order valence-corrected chi connectivity index (χ2v) is 6.09. The molecule has 7 heteroatoms. The number of carbonyl (C=O) groups is 1. The molecule has 0 aliphatic carbocycles. The molecule has 2 rings (SSSR count). The zero-order valence-corrected chi connectivity index (χ0v) is 12.2. The van der Waals surface area contributed by atoms with Crippen molar-refractivity contribution in [3.8, 4) is 0 Å². The molecule has 0 fully saturated rings. The van der Waals surface area contributed by atoms with E-state index < -0.39 is 16.0 Å². The maximum absolute atomic E-state index is 11.9. The number of aryl methyl sites for hydroxylation is 1. The quantitative estimate of drug-likeness (QED) is 0.875. The second-order valence-electron chi connectivity index (χ2n) is 4.34. The monoisotopic (exact) mass is 297 g/mol. The van der Waals surface area contributed by atoms with E-state index in [1.54, 1.807) is 32.0 Å². The van der Waals surface area contributed by atoms with Crippen LogP contribution in [0.25, 0.3) is 11.0 Å². The van der Waals surface area contributed by atoms with Crippen LogP contribution in [0.15, 0.2) is 22.6 Å². The Hall–Kier alpha value is -2.02. The second kappa shape index (κ2) is 5.16. The lowest BCUT2D eigenvalue weighted by molar-refractivity contribution is 0.0526. The summed E-state index contributed by atoms with van der Waals surface area (Å²) < 4.78 is 35.3. The molecule has 1 aromatic carbocycles. The summed E-state index contributed by atoms with van der Waals surface area (Å²) in [5.74, 6) is -0.0461. The molecule has 108 valence electrons. The number of anilines is 1. The van der Waals surface area contributed by atoms with Gasteiger partial charge in [0, 0.05) is 11.1 Å². The predicted molar refractivity (Wildman–Crippen MR) is 75.4 cm³/mol. The van der Waals surface area contributed by atoms with E-state index >= 15 is 0 Å². The molecule has 0 saturated heterocycles. The highest BCUT2D eigenvalue weighted by Crippen LogP contribution is 2.29. The molecule has 0 bridgehead atoms. The lowest BCUT2D eigenvalue weighted by atomic mass is 10.1. The number of esters is 1. The van der Waals surface area contributed by atoms with Gasteiger partial charge in [0.25, 0.3) is 0 Å². The standard InChI is InChI=1S/C13H15NO5S/c1-4-18-13(15)12-8(2)19-11-6-5-9(7-10(11)12)14-20(3,16)17/h5-7,14H,4H2,1-3H3. The zero-order chi connectivity index (χ0) is 14.9. The van der Waals surface area contributed by atoms with E-state index in [-0.39, 0.29) is 6.61 Å². The van der Waals surface area contributed by atoms with Crippen molar-refractivity contribution >= 4 is 32.6 Å². The minimum Gasteiger partial charge on any atom is -0.462 e. The Morgan fingerprint density at radius 1 is 1.40 bits per heavy atom. The summed E-state index contributed by atoms with van der Waals surface area (Å²) in [6.45, 7) is 3.63. The maximum Gasteiger partial charge on any atom is 0.342 e. The molecule has 6 nitrogen and oxygen atoms in total. The van der Waals surface area contributed by atoms with E-state index in [4.69, 9.17) is 9.15 Å². The molecule has 1 N–H and O–H groups in total. The van der Waals surface area contributed by atoms with Gasteiger partial charge in [-0.3, -0.25) is 4.72 Å². The van der Waals surface area contributed by atoms with Crippen molar-refractivity contribution in [2.45, 2.75) is 13.8 Å². The number of fused-ring (bicyclic) bond motifs is 1. The predicted octanol–water partition coefficient (Wildman–Crippen LogP) is 2.29. The number of furan rings is 1. The molecule has 0 saturated carbocycles. The van der Waals surface area contributed by atoms with Crippen LogP contribution in [0.4, 0.5) is 5.69 Å². The molecule has 0 amide bonds. The molecular formula is C13H15NO5S. The average molecular weight is 297 g/mol. The highest BCUT2D eigenvalue weighted by atomic mass is 32.2. The largest absolute Gasteiger partial charge is 0.462 e. The first kappa shape index (κ1) is 14.4. The molecule has 20 heavy (non-hydrogen) atoms. The van der Waals surface area contributed by atoms with Gasteiger partial charge in [-0.1, -0.05) is 0 Å². The van der Waals surface area contributed by atoms with Crippen LogP contribution in [0.1, 0.15) is 23.0 Å². The Morgan fingerprint density at radius 2 is 2.10 bits per heavy atom. The molecule has 0 radical (unpaired) electrons.